The van der Waals surface area contributed by atoms with E-state index in [2.05, 4.69) is 15.0 Å². The number of nitrogens with two attached hydrogens (primary N) is 1. The number of hydrogen-bond acceptors (Lipinski definition) is 5. The molecule has 23 heavy (non-hydrogen) atoms. The molecule has 1 aromatic carbocycles. The van der Waals surface area contributed by atoms with Crippen molar-refractivity contribution in [3.05, 3.63) is 60.4 Å². The molecule has 3 aromatic rings. The molecule has 2 heterocycles. The number of nitrogens with zero attached hydrogens (tertiary/aromatic N) is 3. The van der Waals surface area contributed by atoms with Gasteiger partial charge in [0.2, 0.25) is 5.91 Å². The molecular formula is C17H14N4O2. The Balaban J connectivity index is 2.14. The Hall–Kier alpha value is -3.28. The summed E-state index contributed by atoms with van der Waals surface area (Å²) in [6, 6.07) is 12.4. The van der Waals surface area contributed by atoms with Crippen LogP contribution in [0.15, 0.2) is 54.9 Å². The number of amides is 1. The Bertz CT molecular complexity index is 850. The van der Waals surface area contributed by atoms with Gasteiger partial charge in [0.15, 0.2) is 11.6 Å². The maximum absolute atomic E-state index is 11.4. The lowest BCUT2D eigenvalue weighted by Crippen LogP contribution is -2.10. The second-order valence-electron chi connectivity index (χ2n) is 4.77. The molecule has 0 unspecified atom stereocenters. The fraction of sp³-hybridized carbons (Fsp3) is 0.0588. The van der Waals surface area contributed by atoms with Crippen LogP contribution in [0.2, 0.25) is 0 Å². The van der Waals surface area contributed by atoms with Gasteiger partial charge in [-0.25, -0.2) is 9.97 Å². The second kappa shape index (κ2) is 6.23. The van der Waals surface area contributed by atoms with Gasteiger partial charge in [0.05, 0.1) is 13.3 Å². The summed E-state index contributed by atoms with van der Waals surface area (Å²) in [4.78, 5) is 24.4. The average molecular weight is 306 g/mol. The molecule has 0 saturated carbocycles. The van der Waals surface area contributed by atoms with Crippen LogP contribution in [0.1, 0.15) is 10.4 Å². The van der Waals surface area contributed by atoms with Crippen LogP contribution in [0.3, 0.4) is 0 Å². The maximum Gasteiger partial charge on any atom is 0.248 e. The first-order chi connectivity index (χ1) is 11.2. The van der Waals surface area contributed by atoms with E-state index >= 15 is 0 Å². The first-order valence-electron chi connectivity index (χ1n) is 6.91. The Morgan fingerprint density at radius 3 is 2.70 bits per heavy atom. The minimum Gasteiger partial charge on any atom is -0.493 e. The molecule has 6 heteroatoms. The molecule has 1 amide bonds. The van der Waals surface area contributed by atoms with E-state index < -0.39 is 5.91 Å². The first kappa shape index (κ1) is 14.6. The fourth-order valence-corrected chi connectivity index (χ4v) is 2.17. The van der Waals surface area contributed by atoms with Crippen LogP contribution >= 0.6 is 0 Å². The second-order valence-corrected chi connectivity index (χ2v) is 4.77. The minimum atomic E-state index is -0.496. The van der Waals surface area contributed by atoms with Crippen molar-refractivity contribution < 1.29 is 9.53 Å². The number of pyridine rings is 1. The van der Waals surface area contributed by atoms with Crippen molar-refractivity contribution in [2.75, 3.05) is 7.11 Å². The van der Waals surface area contributed by atoms with Crippen LogP contribution in [0.4, 0.5) is 0 Å². The van der Waals surface area contributed by atoms with Gasteiger partial charge in [0.25, 0.3) is 0 Å². The van der Waals surface area contributed by atoms with Crippen LogP contribution in [-0.4, -0.2) is 28.0 Å². The molecule has 0 spiro atoms. The Kier molecular flexibility index (Phi) is 3.97. The van der Waals surface area contributed by atoms with Crippen LogP contribution in [0.5, 0.6) is 5.75 Å². The van der Waals surface area contributed by atoms with Crippen molar-refractivity contribution in [3.8, 4) is 28.5 Å². The van der Waals surface area contributed by atoms with E-state index in [-0.39, 0.29) is 0 Å². The summed E-state index contributed by atoms with van der Waals surface area (Å²) in [6.07, 6.45) is 3.26. The molecule has 0 bridgehead atoms. The monoisotopic (exact) mass is 306 g/mol. The first-order valence-corrected chi connectivity index (χ1v) is 6.91. The Labute approximate surface area is 133 Å². The zero-order valence-corrected chi connectivity index (χ0v) is 12.4. The molecule has 0 aliphatic carbocycles. The van der Waals surface area contributed by atoms with Crippen molar-refractivity contribution in [2.24, 2.45) is 5.73 Å². The molecular weight excluding hydrogens is 292 g/mol. The maximum atomic E-state index is 11.4. The summed E-state index contributed by atoms with van der Waals surface area (Å²) in [5.74, 6) is 0.488. The summed E-state index contributed by atoms with van der Waals surface area (Å²) >= 11 is 0. The molecule has 3 rings (SSSR count). The number of benzene rings is 1. The lowest BCUT2D eigenvalue weighted by atomic mass is 10.1. The van der Waals surface area contributed by atoms with Gasteiger partial charge in [-0.1, -0.05) is 18.2 Å². The Morgan fingerprint density at radius 1 is 1.13 bits per heavy atom. The van der Waals surface area contributed by atoms with E-state index in [1.54, 1.807) is 37.7 Å². The van der Waals surface area contributed by atoms with Gasteiger partial charge in [-0.3, -0.25) is 9.78 Å². The summed E-state index contributed by atoms with van der Waals surface area (Å²) < 4.78 is 5.33. The lowest BCUT2D eigenvalue weighted by molar-refractivity contribution is 0.100. The van der Waals surface area contributed by atoms with Crippen LogP contribution in [-0.2, 0) is 0 Å². The van der Waals surface area contributed by atoms with Gasteiger partial charge in [-0.05, 0) is 24.3 Å². The van der Waals surface area contributed by atoms with E-state index in [9.17, 15) is 4.79 Å². The highest BCUT2D eigenvalue weighted by Gasteiger charge is 2.13. The van der Waals surface area contributed by atoms with Gasteiger partial charge in [0, 0.05) is 17.3 Å². The number of hydrogen-bond donors (Lipinski definition) is 1. The fourth-order valence-electron chi connectivity index (χ4n) is 2.17. The highest BCUT2D eigenvalue weighted by atomic mass is 16.5. The standard InChI is InChI=1S/C17H14N4O2/c1-23-14-10-20-17(13-7-2-3-8-19-13)21-15(14)11-5-4-6-12(9-11)16(18)22/h2-10H,1H3,(H2,18,22). The highest BCUT2D eigenvalue weighted by Crippen LogP contribution is 2.29. The number of rotatable bonds is 4. The molecule has 0 aliphatic heterocycles. The summed E-state index contributed by atoms with van der Waals surface area (Å²) in [5, 5.41) is 0. The number of primary amides is 1. The minimum absolute atomic E-state index is 0.405. The molecule has 2 aromatic heterocycles. The van der Waals surface area contributed by atoms with Gasteiger partial charge in [-0.2, -0.15) is 0 Å². The van der Waals surface area contributed by atoms with E-state index in [0.29, 0.717) is 28.5 Å². The molecule has 0 saturated heterocycles. The quantitative estimate of drug-likeness (QED) is 0.798. The van der Waals surface area contributed by atoms with Crippen LogP contribution < -0.4 is 10.5 Å². The van der Waals surface area contributed by atoms with Gasteiger partial charge >= 0.3 is 0 Å². The predicted octanol–water partition coefficient (Wildman–Crippen LogP) is 2.31. The zero-order chi connectivity index (χ0) is 16.2. The lowest BCUT2D eigenvalue weighted by Gasteiger charge is -2.09. The summed E-state index contributed by atoms with van der Waals surface area (Å²) in [5.41, 5.74) is 7.69. The van der Waals surface area contributed by atoms with E-state index in [4.69, 9.17) is 10.5 Å². The predicted molar refractivity (Wildman–Crippen MR) is 85.8 cm³/mol. The highest BCUT2D eigenvalue weighted by molar-refractivity contribution is 5.94. The normalized spacial score (nSPS) is 10.3. The number of aromatic nitrogens is 3. The van der Waals surface area contributed by atoms with E-state index in [0.717, 1.165) is 5.56 Å². The van der Waals surface area contributed by atoms with Crippen molar-refractivity contribution in [1.29, 1.82) is 0 Å². The van der Waals surface area contributed by atoms with Crippen LogP contribution in [0.25, 0.3) is 22.8 Å². The molecule has 6 nitrogen and oxygen atoms in total. The molecule has 0 fully saturated rings. The third-order valence-electron chi connectivity index (χ3n) is 3.29. The molecule has 0 radical (unpaired) electrons. The molecule has 114 valence electrons. The van der Waals surface area contributed by atoms with Gasteiger partial charge < -0.3 is 10.5 Å². The third-order valence-corrected chi connectivity index (χ3v) is 3.29. The van der Waals surface area contributed by atoms with Crippen molar-refractivity contribution in [2.45, 2.75) is 0 Å². The molecule has 0 atom stereocenters. The number of ether oxygens (including phenoxy) is 1. The summed E-state index contributed by atoms with van der Waals surface area (Å²) in [6.45, 7) is 0. The van der Waals surface area contributed by atoms with E-state index in [1.165, 1.54) is 0 Å². The largest absolute Gasteiger partial charge is 0.493 e. The summed E-state index contributed by atoms with van der Waals surface area (Å²) in [7, 11) is 1.54. The Morgan fingerprint density at radius 2 is 2.00 bits per heavy atom. The van der Waals surface area contributed by atoms with Gasteiger partial charge in [0.1, 0.15) is 11.4 Å². The van der Waals surface area contributed by atoms with Crippen molar-refractivity contribution in [1.82, 2.24) is 15.0 Å². The SMILES string of the molecule is COc1cnc(-c2ccccn2)nc1-c1cccc(C(N)=O)c1. The average Bonchev–Trinajstić information content (AvgIpc) is 2.62. The van der Waals surface area contributed by atoms with Crippen LogP contribution in [0, 0.1) is 0 Å². The van der Waals surface area contributed by atoms with Crippen molar-refractivity contribution >= 4 is 5.91 Å². The third kappa shape index (κ3) is 3.01. The number of carbonyl (C=O) groups is 1. The topological polar surface area (TPSA) is 91.0 Å². The number of methoxy groups -OCH3 is 1. The zero-order valence-electron chi connectivity index (χ0n) is 12.4. The van der Waals surface area contributed by atoms with Crippen molar-refractivity contribution in [3.63, 3.8) is 0 Å². The van der Waals surface area contributed by atoms with Gasteiger partial charge in [-0.15, -0.1) is 0 Å². The number of carbonyl (C=O) groups excluding carboxylic acids is 1. The smallest absolute Gasteiger partial charge is 0.248 e. The molecule has 2 N–H and O–H groups in total. The molecule has 0 aliphatic rings. The van der Waals surface area contributed by atoms with E-state index in [1.807, 2.05) is 24.3 Å².